The molecule has 1 rings (SSSR count). The number of carboxylic acids is 1. The van der Waals surface area contributed by atoms with Crippen molar-refractivity contribution in [3.05, 3.63) is 11.5 Å². The van der Waals surface area contributed by atoms with E-state index in [1.165, 1.54) is 0 Å². The van der Waals surface area contributed by atoms with Gasteiger partial charge in [-0.3, -0.25) is 4.79 Å². The largest absolute Gasteiger partial charge is 0.481 e. The van der Waals surface area contributed by atoms with Gasteiger partial charge in [0.15, 0.2) is 0 Å². The zero-order chi connectivity index (χ0) is 7.40. The van der Waals surface area contributed by atoms with Crippen LogP contribution in [0.5, 0.6) is 0 Å². The number of carboxylic acid groups (broad SMARTS) is 1. The highest BCUT2D eigenvalue weighted by atomic mass is 32.2. The fraction of sp³-hybridized carbons (Fsp3) is 0.500. The third-order valence-electron chi connectivity index (χ3n) is 1.05. The third kappa shape index (κ3) is 2.66. The molecule has 0 spiro atoms. The number of hydrogen-bond donors (Lipinski definition) is 1. The lowest BCUT2D eigenvalue weighted by Crippen LogP contribution is -2.07. The number of rotatable bonds is 2. The molecule has 0 aromatic heterocycles. The molecule has 0 saturated carbocycles. The minimum absolute atomic E-state index is 0.225. The zero-order valence-electron chi connectivity index (χ0n) is 5.32. The number of hydrogen-bond acceptors (Lipinski definition) is 3. The quantitative estimate of drug-likeness (QED) is 0.696. The maximum Gasteiger partial charge on any atom is 0.305 e. The fourth-order valence-electron chi connectivity index (χ4n) is 0.634. The molecule has 1 aliphatic rings. The first-order chi connectivity index (χ1) is 4.79. The topological polar surface area (TPSA) is 37.3 Å². The second-order valence-electron chi connectivity index (χ2n) is 1.87. The molecule has 0 aromatic rings. The lowest BCUT2D eigenvalue weighted by atomic mass is 10.5. The average Bonchev–Trinajstić information content (AvgIpc) is 1.88. The van der Waals surface area contributed by atoms with Gasteiger partial charge in [-0.05, 0) is 5.41 Å². The van der Waals surface area contributed by atoms with E-state index in [1.54, 1.807) is 23.5 Å². The number of thioether (sulfide) groups is 2. The molecular weight excluding hydrogens is 168 g/mol. The van der Waals surface area contributed by atoms with Crippen LogP contribution in [-0.2, 0) is 4.79 Å². The Kier molecular flexibility index (Phi) is 3.15. The molecule has 1 heterocycles. The standard InChI is InChI=1S/C6H8O2S2/c7-5(8)4-6-9-2-1-3-10-6/h1-2,6H,3-4H2,(H,7,8). The Balaban J connectivity index is 2.28. The van der Waals surface area contributed by atoms with Crippen LogP contribution in [0.3, 0.4) is 0 Å². The molecule has 56 valence electrons. The molecule has 0 amide bonds. The molecule has 1 atom stereocenters. The Morgan fingerprint density at radius 1 is 1.80 bits per heavy atom. The van der Waals surface area contributed by atoms with Crippen LogP contribution in [-0.4, -0.2) is 21.4 Å². The van der Waals surface area contributed by atoms with Gasteiger partial charge in [-0.25, -0.2) is 0 Å². The minimum Gasteiger partial charge on any atom is -0.481 e. The molecule has 10 heavy (non-hydrogen) atoms. The van der Waals surface area contributed by atoms with Gasteiger partial charge < -0.3 is 5.11 Å². The van der Waals surface area contributed by atoms with Gasteiger partial charge in [0.05, 0.1) is 11.0 Å². The SMILES string of the molecule is O=C(O)CC1SC=CCS1. The van der Waals surface area contributed by atoms with E-state index in [4.69, 9.17) is 5.11 Å². The van der Waals surface area contributed by atoms with Crippen LogP contribution in [0.25, 0.3) is 0 Å². The summed E-state index contributed by atoms with van der Waals surface area (Å²) in [5.74, 6) is 0.241. The fourth-order valence-corrected chi connectivity index (χ4v) is 2.80. The first-order valence-corrected chi connectivity index (χ1v) is 4.92. The zero-order valence-corrected chi connectivity index (χ0v) is 6.95. The lowest BCUT2D eigenvalue weighted by molar-refractivity contribution is -0.136. The van der Waals surface area contributed by atoms with Crippen molar-refractivity contribution in [3.8, 4) is 0 Å². The molecule has 0 radical (unpaired) electrons. The monoisotopic (exact) mass is 176 g/mol. The van der Waals surface area contributed by atoms with Crippen LogP contribution in [0, 0.1) is 0 Å². The summed E-state index contributed by atoms with van der Waals surface area (Å²) in [6.45, 7) is 0. The van der Waals surface area contributed by atoms with Gasteiger partial charge in [-0.15, -0.1) is 23.5 Å². The Hall–Kier alpha value is -0.0900. The Morgan fingerprint density at radius 2 is 2.60 bits per heavy atom. The summed E-state index contributed by atoms with van der Waals surface area (Å²) >= 11 is 3.28. The van der Waals surface area contributed by atoms with Crippen molar-refractivity contribution in [2.24, 2.45) is 0 Å². The Morgan fingerprint density at radius 3 is 3.10 bits per heavy atom. The van der Waals surface area contributed by atoms with Crippen LogP contribution >= 0.6 is 23.5 Å². The van der Waals surface area contributed by atoms with E-state index in [-0.39, 0.29) is 11.0 Å². The smallest absolute Gasteiger partial charge is 0.305 e. The summed E-state index contributed by atoms with van der Waals surface area (Å²) in [7, 11) is 0. The third-order valence-corrected chi connectivity index (χ3v) is 3.53. The van der Waals surface area contributed by atoms with Crippen LogP contribution in [0.1, 0.15) is 6.42 Å². The maximum absolute atomic E-state index is 10.2. The normalized spacial score (nSPS) is 24.6. The highest BCUT2D eigenvalue weighted by molar-refractivity contribution is 8.19. The van der Waals surface area contributed by atoms with E-state index < -0.39 is 5.97 Å². The van der Waals surface area contributed by atoms with Gasteiger partial charge in [0.2, 0.25) is 0 Å². The van der Waals surface area contributed by atoms with Crippen LogP contribution in [0.2, 0.25) is 0 Å². The van der Waals surface area contributed by atoms with E-state index in [0.29, 0.717) is 0 Å². The van der Waals surface area contributed by atoms with E-state index >= 15 is 0 Å². The maximum atomic E-state index is 10.2. The van der Waals surface area contributed by atoms with Crippen molar-refractivity contribution in [3.63, 3.8) is 0 Å². The molecule has 0 aromatic carbocycles. The second kappa shape index (κ2) is 3.93. The molecule has 1 unspecified atom stereocenters. The van der Waals surface area contributed by atoms with Gasteiger partial charge in [0.1, 0.15) is 0 Å². The molecule has 4 heteroatoms. The van der Waals surface area contributed by atoms with Crippen molar-refractivity contribution < 1.29 is 9.90 Å². The predicted octanol–water partition coefficient (Wildman–Crippen LogP) is 1.78. The van der Waals surface area contributed by atoms with Crippen LogP contribution in [0.15, 0.2) is 11.5 Å². The van der Waals surface area contributed by atoms with Crippen molar-refractivity contribution in [1.82, 2.24) is 0 Å². The Labute approximate surface area is 68.1 Å². The average molecular weight is 176 g/mol. The summed E-state index contributed by atoms with van der Waals surface area (Å²) < 4.78 is 0.225. The summed E-state index contributed by atoms with van der Waals surface area (Å²) in [4.78, 5) is 10.2. The molecule has 1 aliphatic heterocycles. The first-order valence-electron chi connectivity index (χ1n) is 2.93. The van der Waals surface area contributed by atoms with Gasteiger partial charge in [0, 0.05) is 5.75 Å². The molecule has 0 saturated heterocycles. The summed E-state index contributed by atoms with van der Waals surface area (Å²) in [6, 6.07) is 0. The highest BCUT2D eigenvalue weighted by Crippen LogP contribution is 2.31. The van der Waals surface area contributed by atoms with Crippen molar-refractivity contribution >= 4 is 29.5 Å². The van der Waals surface area contributed by atoms with Crippen LogP contribution in [0.4, 0.5) is 0 Å². The molecule has 0 aliphatic carbocycles. The highest BCUT2D eigenvalue weighted by Gasteiger charge is 2.14. The van der Waals surface area contributed by atoms with Gasteiger partial charge >= 0.3 is 5.97 Å². The number of carbonyl (C=O) groups is 1. The summed E-state index contributed by atoms with van der Waals surface area (Å²) in [6.07, 6.45) is 2.31. The molecule has 2 nitrogen and oxygen atoms in total. The van der Waals surface area contributed by atoms with E-state index in [9.17, 15) is 4.79 Å². The summed E-state index contributed by atoms with van der Waals surface area (Å²) in [5.41, 5.74) is 0. The molecule has 0 fully saturated rings. The van der Waals surface area contributed by atoms with Crippen LogP contribution < -0.4 is 0 Å². The van der Waals surface area contributed by atoms with E-state index in [1.807, 2.05) is 11.5 Å². The molecule has 0 bridgehead atoms. The van der Waals surface area contributed by atoms with Crippen molar-refractivity contribution in [2.45, 2.75) is 11.0 Å². The molecular formula is C6H8O2S2. The number of aliphatic carboxylic acids is 1. The Bertz CT molecular complexity index is 156. The second-order valence-corrected chi connectivity index (χ2v) is 4.52. The lowest BCUT2D eigenvalue weighted by Gasteiger charge is -2.13. The summed E-state index contributed by atoms with van der Waals surface area (Å²) in [5, 5.41) is 10.4. The van der Waals surface area contributed by atoms with E-state index in [2.05, 4.69) is 0 Å². The van der Waals surface area contributed by atoms with Gasteiger partial charge in [-0.2, -0.15) is 0 Å². The van der Waals surface area contributed by atoms with Crippen molar-refractivity contribution in [1.29, 1.82) is 0 Å². The van der Waals surface area contributed by atoms with E-state index in [0.717, 1.165) is 5.75 Å². The molecule has 1 N–H and O–H groups in total. The van der Waals surface area contributed by atoms with Gasteiger partial charge in [0.25, 0.3) is 0 Å². The first kappa shape index (κ1) is 8.01. The van der Waals surface area contributed by atoms with Crippen molar-refractivity contribution in [2.75, 3.05) is 5.75 Å². The minimum atomic E-state index is -0.708. The predicted molar refractivity (Wildman–Crippen MR) is 45.2 cm³/mol. The van der Waals surface area contributed by atoms with Gasteiger partial charge in [-0.1, -0.05) is 6.08 Å².